The highest BCUT2D eigenvalue weighted by Gasteiger charge is 2.36. The van der Waals surface area contributed by atoms with E-state index in [2.05, 4.69) is 22.5 Å². The Hall–Kier alpha value is -1.09. The number of ether oxygens (including phenoxy) is 2. The van der Waals surface area contributed by atoms with Gasteiger partial charge in [0, 0.05) is 38.6 Å². The van der Waals surface area contributed by atoms with Crippen LogP contribution in [0.15, 0.2) is 23.3 Å². The Morgan fingerprint density at radius 1 is 1.31 bits per heavy atom. The third-order valence-corrected chi connectivity index (χ3v) is 4.76. The van der Waals surface area contributed by atoms with E-state index in [1.807, 2.05) is 19.1 Å². The smallest absolute Gasteiger partial charge is 0.218 e. The Morgan fingerprint density at radius 3 is 2.73 bits per heavy atom. The zero-order chi connectivity index (χ0) is 18.0. The fraction of sp³-hybridized carbons (Fsp3) is 0.684. The number of hydrogen-bond donors (Lipinski definition) is 2. The van der Waals surface area contributed by atoms with E-state index >= 15 is 0 Å². The predicted molar refractivity (Wildman–Crippen MR) is 116 cm³/mol. The highest BCUT2D eigenvalue weighted by molar-refractivity contribution is 14.0. The van der Waals surface area contributed by atoms with Crippen LogP contribution in [0.3, 0.4) is 0 Å². The summed E-state index contributed by atoms with van der Waals surface area (Å²) in [6.45, 7) is 7.79. The largest absolute Gasteiger partial charge is 0.478 e. The molecular formula is C19H33IN4O2. The van der Waals surface area contributed by atoms with Crippen molar-refractivity contribution in [2.45, 2.75) is 46.1 Å². The third-order valence-electron chi connectivity index (χ3n) is 4.76. The molecule has 0 amide bonds. The van der Waals surface area contributed by atoms with E-state index in [1.54, 1.807) is 13.3 Å². The van der Waals surface area contributed by atoms with Gasteiger partial charge in [0.25, 0.3) is 0 Å². The molecule has 0 bridgehead atoms. The van der Waals surface area contributed by atoms with Gasteiger partial charge in [-0.25, -0.2) is 9.98 Å². The highest BCUT2D eigenvalue weighted by Crippen LogP contribution is 2.43. The normalized spacial score (nSPS) is 15.6. The summed E-state index contributed by atoms with van der Waals surface area (Å²) in [5.41, 5.74) is 1.36. The van der Waals surface area contributed by atoms with Gasteiger partial charge in [-0.3, -0.25) is 0 Å². The summed E-state index contributed by atoms with van der Waals surface area (Å²) >= 11 is 0. The lowest BCUT2D eigenvalue weighted by Gasteiger charge is -2.42. The molecular weight excluding hydrogens is 443 g/mol. The molecule has 148 valence electrons. The van der Waals surface area contributed by atoms with E-state index in [-0.39, 0.29) is 24.0 Å². The Bertz CT molecular complexity index is 550. The van der Waals surface area contributed by atoms with Gasteiger partial charge in [0.1, 0.15) is 0 Å². The summed E-state index contributed by atoms with van der Waals surface area (Å²) in [6.07, 6.45) is 6.69. The molecule has 1 aromatic rings. The molecule has 2 N–H and O–H groups in total. The number of guanidine groups is 1. The standard InChI is InChI=1S/C19H32N4O2.HI/c1-4-20-18(23-15-19(9-7-10-19)11-13-24-3)22-14-16-8-6-12-21-17(16)25-5-2;/h6,8,12H,4-5,7,9-11,13-15H2,1-3H3,(H2,20,22,23);1H. The van der Waals surface area contributed by atoms with Crippen LogP contribution in [0.5, 0.6) is 5.88 Å². The van der Waals surface area contributed by atoms with Gasteiger partial charge in [-0.05, 0) is 44.6 Å². The first kappa shape index (κ1) is 23.0. The van der Waals surface area contributed by atoms with Crippen molar-refractivity contribution in [3.05, 3.63) is 23.9 Å². The van der Waals surface area contributed by atoms with Gasteiger partial charge < -0.3 is 20.1 Å². The lowest BCUT2D eigenvalue weighted by molar-refractivity contribution is 0.0732. The molecule has 1 heterocycles. The summed E-state index contributed by atoms with van der Waals surface area (Å²) in [6, 6.07) is 3.93. The zero-order valence-electron chi connectivity index (χ0n) is 16.2. The molecule has 0 radical (unpaired) electrons. The van der Waals surface area contributed by atoms with Crippen molar-refractivity contribution < 1.29 is 9.47 Å². The van der Waals surface area contributed by atoms with Gasteiger partial charge in [0.15, 0.2) is 5.96 Å². The second-order valence-electron chi connectivity index (χ2n) is 6.55. The third kappa shape index (κ3) is 6.90. The summed E-state index contributed by atoms with van der Waals surface area (Å²) in [5.74, 6) is 1.51. The van der Waals surface area contributed by atoms with E-state index in [0.717, 1.165) is 37.6 Å². The van der Waals surface area contributed by atoms with E-state index < -0.39 is 0 Å². The average Bonchev–Trinajstić information content (AvgIpc) is 2.59. The van der Waals surface area contributed by atoms with Crippen LogP contribution >= 0.6 is 24.0 Å². The molecule has 1 aromatic heterocycles. The molecule has 0 unspecified atom stereocenters. The van der Waals surface area contributed by atoms with Crippen molar-refractivity contribution in [1.82, 2.24) is 15.6 Å². The van der Waals surface area contributed by atoms with Crippen molar-refractivity contribution in [1.29, 1.82) is 0 Å². The number of aromatic nitrogens is 1. The van der Waals surface area contributed by atoms with E-state index in [9.17, 15) is 0 Å². The number of rotatable bonds is 10. The molecule has 1 aliphatic carbocycles. The van der Waals surface area contributed by atoms with E-state index in [0.29, 0.717) is 24.4 Å². The number of hydrogen-bond acceptors (Lipinski definition) is 4. The van der Waals surface area contributed by atoms with Crippen LogP contribution in [0, 0.1) is 5.41 Å². The van der Waals surface area contributed by atoms with Crippen molar-refractivity contribution in [2.75, 3.05) is 33.4 Å². The molecule has 0 saturated heterocycles. The van der Waals surface area contributed by atoms with Crippen molar-refractivity contribution in [3.63, 3.8) is 0 Å². The highest BCUT2D eigenvalue weighted by atomic mass is 127. The van der Waals surface area contributed by atoms with E-state index in [4.69, 9.17) is 14.5 Å². The first-order valence-electron chi connectivity index (χ1n) is 9.31. The number of halogens is 1. The van der Waals surface area contributed by atoms with Gasteiger partial charge >= 0.3 is 0 Å². The number of aliphatic imine (C=N–C) groups is 1. The minimum atomic E-state index is 0. The van der Waals surface area contributed by atoms with Crippen LogP contribution in [-0.4, -0.2) is 44.4 Å². The molecule has 2 rings (SSSR count). The zero-order valence-corrected chi connectivity index (χ0v) is 18.5. The van der Waals surface area contributed by atoms with Crippen LogP contribution in [-0.2, 0) is 11.3 Å². The molecule has 7 heteroatoms. The number of pyridine rings is 1. The predicted octanol–water partition coefficient (Wildman–Crippen LogP) is 3.36. The topological polar surface area (TPSA) is 67.8 Å². The van der Waals surface area contributed by atoms with Crippen LogP contribution in [0.25, 0.3) is 0 Å². The fourth-order valence-electron chi connectivity index (χ4n) is 3.10. The maximum Gasteiger partial charge on any atom is 0.218 e. The van der Waals surface area contributed by atoms with Gasteiger partial charge in [-0.1, -0.05) is 12.5 Å². The Kier molecular flexibility index (Phi) is 10.9. The Labute approximate surface area is 174 Å². The number of nitrogens with one attached hydrogen (secondary N) is 2. The maximum absolute atomic E-state index is 5.58. The van der Waals surface area contributed by atoms with Crippen LogP contribution < -0.4 is 15.4 Å². The molecule has 0 aliphatic heterocycles. The second kappa shape index (κ2) is 12.3. The summed E-state index contributed by atoms with van der Waals surface area (Å²) in [7, 11) is 1.77. The molecule has 0 spiro atoms. The van der Waals surface area contributed by atoms with Gasteiger partial charge in [-0.2, -0.15) is 0 Å². The monoisotopic (exact) mass is 476 g/mol. The summed E-state index contributed by atoms with van der Waals surface area (Å²) in [5, 5.41) is 6.84. The lowest BCUT2D eigenvalue weighted by Crippen LogP contribution is -2.47. The molecule has 0 aromatic carbocycles. The van der Waals surface area contributed by atoms with Gasteiger partial charge in [0.2, 0.25) is 5.88 Å². The minimum absolute atomic E-state index is 0. The summed E-state index contributed by atoms with van der Waals surface area (Å²) < 4.78 is 10.9. The van der Waals surface area contributed by atoms with Gasteiger partial charge in [0.05, 0.1) is 13.2 Å². The van der Waals surface area contributed by atoms with Crippen molar-refractivity contribution >= 4 is 29.9 Å². The Balaban J connectivity index is 0.00000338. The van der Waals surface area contributed by atoms with Crippen molar-refractivity contribution in [2.24, 2.45) is 10.4 Å². The minimum Gasteiger partial charge on any atom is -0.478 e. The van der Waals surface area contributed by atoms with Crippen LogP contribution in [0.2, 0.25) is 0 Å². The van der Waals surface area contributed by atoms with Crippen LogP contribution in [0.1, 0.15) is 45.1 Å². The molecule has 1 saturated carbocycles. The first-order chi connectivity index (χ1) is 12.2. The average molecular weight is 476 g/mol. The van der Waals surface area contributed by atoms with Crippen LogP contribution in [0.4, 0.5) is 0 Å². The first-order valence-corrected chi connectivity index (χ1v) is 9.31. The fourth-order valence-corrected chi connectivity index (χ4v) is 3.10. The molecule has 1 fully saturated rings. The Morgan fingerprint density at radius 2 is 2.12 bits per heavy atom. The quantitative estimate of drug-likeness (QED) is 0.308. The SMILES string of the molecule is CCNC(=NCc1cccnc1OCC)NCC1(CCOC)CCC1.I. The molecule has 6 nitrogen and oxygen atoms in total. The van der Waals surface area contributed by atoms with E-state index in [1.165, 1.54) is 19.3 Å². The summed E-state index contributed by atoms with van der Waals surface area (Å²) in [4.78, 5) is 9.00. The molecule has 26 heavy (non-hydrogen) atoms. The lowest BCUT2D eigenvalue weighted by atomic mass is 9.67. The number of nitrogens with zero attached hydrogens (tertiary/aromatic N) is 2. The van der Waals surface area contributed by atoms with Gasteiger partial charge in [-0.15, -0.1) is 24.0 Å². The molecule has 1 aliphatic rings. The maximum atomic E-state index is 5.58. The number of methoxy groups -OCH3 is 1. The molecule has 0 atom stereocenters. The van der Waals surface area contributed by atoms with Crippen molar-refractivity contribution in [3.8, 4) is 5.88 Å². The second-order valence-corrected chi connectivity index (χ2v) is 6.55.